The summed E-state index contributed by atoms with van der Waals surface area (Å²) < 4.78 is 0. The molecule has 1 atom stereocenters. The number of aromatic hydroxyl groups is 1. The van der Waals surface area contributed by atoms with Crippen LogP contribution in [0.1, 0.15) is 56.1 Å². The van der Waals surface area contributed by atoms with Crippen LogP contribution in [0.4, 0.5) is 0 Å². The minimum absolute atomic E-state index is 0.00202. The van der Waals surface area contributed by atoms with Gasteiger partial charge in [0.15, 0.2) is 0 Å². The van der Waals surface area contributed by atoms with Crippen molar-refractivity contribution in [1.29, 1.82) is 0 Å². The van der Waals surface area contributed by atoms with Gasteiger partial charge < -0.3 is 15.2 Å². The van der Waals surface area contributed by atoms with E-state index < -0.39 is 17.0 Å². The number of carbonyl (C=O) groups is 1. The topological polar surface area (TPSA) is 96.5 Å². The minimum Gasteiger partial charge on any atom is -0.507 e. The zero-order chi connectivity index (χ0) is 17.2. The molecule has 0 saturated carbocycles. The van der Waals surface area contributed by atoms with Crippen LogP contribution < -0.4 is 0 Å². The maximum absolute atomic E-state index is 12.5. The van der Waals surface area contributed by atoms with Gasteiger partial charge >= 0.3 is 5.97 Å². The van der Waals surface area contributed by atoms with Crippen LogP contribution >= 0.6 is 0 Å². The molecule has 2 aromatic rings. The smallest absolute Gasteiger partial charge is 0.339 e. The number of benzene rings is 1. The fourth-order valence-corrected chi connectivity index (χ4v) is 3.80. The second-order valence-electron chi connectivity index (χ2n) is 7.50. The van der Waals surface area contributed by atoms with Crippen molar-refractivity contribution in [3.8, 4) is 5.75 Å². The lowest BCUT2D eigenvalue weighted by molar-refractivity contribution is -0.245. The molecule has 23 heavy (non-hydrogen) atoms. The molecule has 6 nitrogen and oxygen atoms in total. The van der Waals surface area contributed by atoms with E-state index >= 15 is 0 Å². The van der Waals surface area contributed by atoms with Crippen molar-refractivity contribution >= 4 is 16.9 Å². The Balaban J connectivity index is 2.09. The Kier molecular flexibility index (Phi) is 3.25. The molecule has 0 spiro atoms. The number of nitrogens with one attached hydrogen (secondary N) is 1. The molecule has 1 aliphatic rings. The van der Waals surface area contributed by atoms with Crippen LogP contribution in [0, 0.1) is 0 Å². The molecule has 3 N–H and O–H groups in total. The first-order chi connectivity index (χ1) is 10.5. The summed E-state index contributed by atoms with van der Waals surface area (Å²) in [4.78, 5) is 14.4. The van der Waals surface area contributed by atoms with E-state index in [-0.39, 0.29) is 17.2 Å². The van der Waals surface area contributed by atoms with Crippen molar-refractivity contribution in [3.05, 3.63) is 29.5 Å². The maximum Gasteiger partial charge on any atom is 0.339 e. The fraction of sp³-hybridized carbons (Fsp3) is 0.471. The highest BCUT2D eigenvalue weighted by Crippen LogP contribution is 2.49. The number of carboxylic acid groups (broad SMARTS) is 1. The van der Waals surface area contributed by atoms with E-state index in [1.54, 1.807) is 0 Å². The van der Waals surface area contributed by atoms with Gasteiger partial charge in [-0.2, -0.15) is 0 Å². The molecule has 123 valence electrons. The summed E-state index contributed by atoms with van der Waals surface area (Å²) in [6.45, 7) is 7.70. The van der Waals surface area contributed by atoms with E-state index in [9.17, 15) is 15.1 Å². The summed E-state index contributed by atoms with van der Waals surface area (Å²) in [5, 5.41) is 33.3. The summed E-state index contributed by atoms with van der Waals surface area (Å²) in [5.41, 5.74) is 0.403. The molecule has 1 aliphatic heterocycles. The van der Waals surface area contributed by atoms with Gasteiger partial charge in [0.25, 0.3) is 0 Å². The van der Waals surface area contributed by atoms with E-state index in [4.69, 9.17) is 5.11 Å². The number of rotatable bonds is 2. The van der Waals surface area contributed by atoms with Crippen molar-refractivity contribution < 1.29 is 20.2 Å². The average molecular weight is 317 g/mol. The van der Waals surface area contributed by atoms with Gasteiger partial charge in [-0.1, -0.05) is 0 Å². The third-order valence-electron chi connectivity index (χ3n) is 4.99. The zero-order valence-corrected chi connectivity index (χ0v) is 13.7. The van der Waals surface area contributed by atoms with Gasteiger partial charge in [0.1, 0.15) is 11.3 Å². The maximum atomic E-state index is 12.5. The number of aromatic nitrogens is 1. The van der Waals surface area contributed by atoms with E-state index in [0.29, 0.717) is 17.3 Å². The van der Waals surface area contributed by atoms with E-state index in [1.807, 2.05) is 33.8 Å². The quantitative estimate of drug-likeness (QED) is 0.792. The van der Waals surface area contributed by atoms with Crippen molar-refractivity contribution in [2.24, 2.45) is 0 Å². The summed E-state index contributed by atoms with van der Waals surface area (Å²) >= 11 is 0. The number of hydroxylamine groups is 2. The molecule has 1 fully saturated rings. The molecule has 1 saturated heterocycles. The average Bonchev–Trinajstić information content (AvgIpc) is 2.90. The molecule has 6 heteroatoms. The van der Waals surface area contributed by atoms with Gasteiger partial charge in [-0.15, -0.1) is 10.3 Å². The van der Waals surface area contributed by atoms with Gasteiger partial charge in [0, 0.05) is 34.1 Å². The molecule has 2 heterocycles. The molecule has 0 amide bonds. The molecule has 3 rings (SSSR count). The Labute approximate surface area is 134 Å². The number of carboxylic acids is 1. The lowest BCUT2D eigenvalue weighted by atomic mass is 9.84. The first-order valence-corrected chi connectivity index (χ1v) is 7.60. The van der Waals surface area contributed by atoms with Crippen LogP contribution in [0.5, 0.6) is 5.75 Å². The molecular formula is C17H21N2O4. The zero-order valence-electron chi connectivity index (χ0n) is 13.7. The van der Waals surface area contributed by atoms with Gasteiger partial charge in [0.2, 0.25) is 0 Å². The number of hydrogen-bond donors (Lipinski definition) is 3. The molecular weight excluding hydrogens is 296 g/mol. The standard InChI is InChI=1S/C17H21N2O4/c1-16(2)8-11(17(3,4)19(16)23)13-6-9-5-10(15(21)22)14(20)7-12(9)18-13/h5-7,11,18,20H,8H2,1-4H3,(H,21,22). The Morgan fingerprint density at radius 1 is 1.26 bits per heavy atom. The van der Waals surface area contributed by atoms with Gasteiger partial charge in [-0.05, 0) is 46.2 Å². The Hall–Kier alpha value is -2.05. The van der Waals surface area contributed by atoms with Gasteiger partial charge in [-0.3, -0.25) is 0 Å². The lowest BCUT2D eigenvalue weighted by Gasteiger charge is -2.33. The summed E-state index contributed by atoms with van der Waals surface area (Å²) in [6, 6.07) is 4.75. The second kappa shape index (κ2) is 4.72. The van der Waals surface area contributed by atoms with Crippen LogP contribution in [0.15, 0.2) is 18.2 Å². The molecule has 0 aliphatic carbocycles. The number of aromatic carboxylic acids is 1. The summed E-state index contributed by atoms with van der Waals surface area (Å²) in [6.07, 6.45) is 0.702. The molecule has 1 aromatic carbocycles. The number of fused-ring (bicyclic) bond motifs is 1. The van der Waals surface area contributed by atoms with Crippen molar-refractivity contribution in [1.82, 2.24) is 10.0 Å². The SMILES string of the molecule is CC1(C)CC(c2cc3cc(C(=O)O)c(O)cc3[nH]2)C(C)(C)N1[O]. The normalized spacial score (nSPS) is 23.4. The second-order valence-corrected chi connectivity index (χ2v) is 7.50. The largest absolute Gasteiger partial charge is 0.507 e. The van der Waals surface area contributed by atoms with E-state index in [2.05, 4.69) is 4.98 Å². The highest BCUT2D eigenvalue weighted by Gasteiger charge is 2.53. The predicted molar refractivity (Wildman–Crippen MR) is 85.0 cm³/mol. The number of phenols is 1. The number of aromatic amines is 1. The summed E-state index contributed by atoms with van der Waals surface area (Å²) in [5.74, 6) is -1.44. The van der Waals surface area contributed by atoms with Gasteiger partial charge in [-0.25, -0.2) is 4.79 Å². The Morgan fingerprint density at radius 2 is 1.91 bits per heavy atom. The summed E-state index contributed by atoms with van der Waals surface area (Å²) in [7, 11) is 0. The van der Waals surface area contributed by atoms with E-state index in [0.717, 1.165) is 10.8 Å². The predicted octanol–water partition coefficient (Wildman–Crippen LogP) is 3.26. The number of H-pyrrole nitrogens is 1. The first-order valence-electron chi connectivity index (χ1n) is 7.60. The van der Waals surface area contributed by atoms with Crippen LogP contribution in [0.3, 0.4) is 0 Å². The van der Waals surface area contributed by atoms with Crippen molar-refractivity contribution in [2.45, 2.75) is 51.1 Å². The van der Waals surface area contributed by atoms with Crippen LogP contribution in [0.2, 0.25) is 0 Å². The number of hydrogen-bond acceptors (Lipinski definition) is 3. The van der Waals surface area contributed by atoms with Crippen LogP contribution in [-0.4, -0.2) is 37.3 Å². The third kappa shape index (κ3) is 2.29. The molecule has 1 unspecified atom stereocenters. The Bertz CT molecular complexity index is 791. The lowest BCUT2D eigenvalue weighted by Crippen LogP contribution is -2.45. The van der Waals surface area contributed by atoms with Gasteiger partial charge in [0.05, 0.1) is 5.54 Å². The fourth-order valence-electron chi connectivity index (χ4n) is 3.80. The molecule has 1 radical (unpaired) electrons. The van der Waals surface area contributed by atoms with Crippen molar-refractivity contribution in [3.63, 3.8) is 0 Å². The highest BCUT2D eigenvalue weighted by atomic mass is 16.5. The minimum atomic E-state index is -1.17. The Morgan fingerprint density at radius 3 is 2.43 bits per heavy atom. The highest BCUT2D eigenvalue weighted by molar-refractivity contribution is 5.97. The van der Waals surface area contributed by atoms with Crippen molar-refractivity contribution in [2.75, 3.05) is 0 Å². The van der Waals surface area contributed by atoms with Crippen LogP contribution in [0.25, 0.3) is 10.9 Å². The monoisotopic (exact) mass is 317 g/mol. The first kappa shape index (κ1) is 15.8. The third-order valence-corrected chi connectivity index (χ3v) is 4.99. The number of nitrogens with zero attached hydrogens (tertiary/aromatic N) is 1. The molecule has 1 aromatic heterocycles. The molecule has 0 bridgehead atoms. The van der Waals surface area contributed by atoms with Crippen LogP contribution in [-0.2, 0) is 5.21 Å². The van der Waals surface area contributed by atoms with E-state index in [1.165, 1.54) is 12.1 Å².